The molecule has 6 amide bonds. The maximum atomic E-state index is 13.2. The van der Waals surface area contributed by atoms with E-state index in [0.717, 1.165) is 0 Å². The molecule has 2 aromatic carbocycles. The van der Waals surface area contributed by atoms with Gasteiger partial charge in [0.05, 0.1) is 12.1 Å². The summed E-state index contributed by atoms with van der Waals surface area (Å²) < 4.78 is 0. The molecule has 2 unspecified atom stereocenters. The van der Waals surface area contributed by atoms with Gasteiger partial charge in [-0.2, -0.15) is 0 Å². The predicted octanol–water partition coefficient (Wildman–Crippen LogP) is 2.44. The van der Waals surface area contributed by atoms with Crippen LogP contribution in [0.5, 0.6) is 0 Å². The Morgan fingerprint density at radius 3 is 1.48 bits per heavy atom. The quantitative estimate of drug-likeness (QED) is 0.545. The van der Waals surface area contributed by atoms with Crippen molar-refractivity contribution in [2.45, 2.75) is 12.1 Å². The SMILES string of the molecule is O=C1NC(=O)C2(C(=O)N1)C(c1ccccc1Cl)NC(=O)NC2c1ccccc1Cl. The average Bonchev–Trinajstić information content (AvgIpc) is 2.67. The van der Waals surface area contributed by atoms with Gasteiger partial charge in [-0.15, -0.1) is 0 Å². The van der Waals surface area contributed by atoms with Gasteiger partial charge in [0, 0.05) is 10.0 Å². The van der Waals surface area contributed by atoms with Gasteiger partial charge in [-0.3, -0.25) is 20.2 Å². The van der Waals surface area contributed by atoms with Gasteiger partial charge < -0.3 is 10.6 Å². The standard InChI is InChI=1S/C19H14Cl2N4O4/c20-11-7-3-1-5-9(11)13-19(15(26)24-18(29)25-16(19)27)14(23-17(28)22-13)10-6-2-4-8-12(10)21/h1-8,13-14H,(H2,22,23,28)(H2,24,25,26,27,29). The molecular formula is C19H14Cl2N4O4. The van der Waals surface area contributed by atoms with Crippen LogP contribution in [0.4, 0.5) is 9.59 Å². The van der Waals surface area contributed by atoms with E-state index in [1.165, 1.54) is 0 Å². The number of amides is 6. The van der Waals surface area contributed by atoms with Crippen LogP contribution in [0.25, 0.3) is 0 Å². The first-order chi connectivity index (χ1) is 13.9. The Morgan fingerprint density at radius 1 is 0.655 bits per heavy atom. The van der Waals surface area contributed by atoms with Crippen molar-refractivity contribution in [3.8, 4) is 0 Å². The van der Waals surface area contributed by atoms with Gasteiger partial charge in [-0.05, 0) is 23.3 Å². The number of hydrogen-bond donors (Lipinski definition) is 4. The Morgan fingerprint density at radius 2 is 1.07 bits per heavy atom. The first kappa shape index (κ1) is 19.2. The molecule has 1 spiro atoms. The Labute approximate surface area is 174 Å². The lowest BCUT2D eigenvalue weighted by atomic mass is 9.65. The fourth-order valence-corrected chi connectivity index (χ4v) is 4.32. The zero-order valence-corrected chi connectivity index (χ0v) is 16.2. The second-order valence-corrected chi connectivity index (χ2v) is 7.45. The number of imide groups is 2. The maximum Gasteiger partial charge on any atom is 0.328 e. The lowest BCUT2D eigenvalue weighted by Gasteiger charge is -2.48. The number of barbiturate groups is 1. The zero-order valence-electron chi connectivity index (χ0n) is 14.7. The minimum atomic E-state index is -1.97. The lowest BCUT2D eigenvalue weighted by Crippen LogP contribution is -2.73. The highest BCUT2D eigenvalue weighted by atomic mass is 35.5. The molecule has 29 heavy (non-hydrogen) atoms. The summed E-state index contributed by atoms with van der Waals surface area (Å²) in [6.07, 6.45) is 0. The number of carbonyl (C=O) groups is 4. The predicted molar refractivity (Wildman–Crippen MR) is 104 cm³/mol. The topological polar surface area (TPSA) is 116 Å². The van der Waals surface area contributed by atoms with Crippen molar-refractivity contribution in [2.24, 2.45) is 5.41 Å². The summed E-state index contributed by atoms with van der Waals surface area (Å²) in [5, 5.41) is 10.00. The van der Waals surface area contributed by atoms with E-state index in [2.05, 4.69) is 21.3 Å². The second kappa shape index (κ2) is 7.06. The van der Waals surface area contributed by atoms with Crippen molar-refractivity contribution >= 4 is 47.1 Å². The molecule has 2 heterocycles. The van der Waals surface area contributed by atoms with Crippen LogP contribution < -0.4 is 21.3 Å². The van der Waals surface area contributed by atoms with Crippen molar-refractivity contribution in [1.29, 1.82) is 0 Å². The third-order valence-corrected chi connectivity index (χ3v) is 5.79. The van der Waals surface area contributed by atoms with Crippen LogP contribution >= 0.6 is 23.2 Å². The first-order valence-electron chi connectivity index (χ1n) is 8.58. The summed E-state index contributed by atoms with van der Waals surface area (Å²) in [6, 6.07) is 9.13. The van der Waals surface area contributed by atoms with Gasteiger partial charge in [0.1, 0.15) is 0 Å². The van der Waals surface area contributed by atoms with E-state index < -0.39 is 41.4 Å². The number of carbonyl (C=O) groups excluding carboxylic acids is 4. The summed E-state index contributed by atoms with van der Waals surface area (Å²) in [7, 11) is 0. The van der Waals surface area contributed by atoms with Crippen LogP contribution in [-0.4, -0.2) is 23.9 Å². The third kappa shape index (κ3) is 2.92. The van der Waals surface area contributed by atoms with Crippen LogP contribution in [-0.2, 0) is 9.59 Å². The minimum absolute atomic E-state index is 0.245. The summed E-state index contributed by atoms with van der Waals surface area (Å²) in [6.45, 7) is 0. The van der Waals surface area contributed by atoms with E-state index >= 15 is 0 Å². The maximum absolute atomic E-state index is 13.2. The van der Waals surface area contributed by atoms with E-state index in [0.29, 0.717) is 11.1 Å². The van der Waals surface area contributed by atoms with Gasteiger partial charge in [-0.1, -0.05) is 59.6 Å². The van der Waals surface area contributed by atoms with Crippen LogP contribution in [0.3, 0.4) is 0 Å². The highest BCUT2D eigenvalue weighted by molar-refractivity contribution is 6.32. The monoisotopic (exact) mass is 432 g/mol. The van der Waals surface area contributed by atoms with Gasteiger partial charge in [0.25, 0.3) is 0 Å². The Hall–Kier alpha value is -3.10. The normalized spacial score (nSPS) is 23.1. The molecule has 4 rings (SSSR count). The van der Waals surface area contributed by atoms with Gasteiger partial charge in [0.2, 0.25) is 11.8 Å². The smallest absolute Gasteiger partial charge is 0.328 e. The van der Waals surface area contributed by atoms with E-state index in [4.69, 9.17) is 23.2 Å². The zero-order chi connectivity index (χ0) is 20.8. The summed E-state index contributed by atoms with van der Waals surface area (Å²) in [4.78, 5) is 50.7. The van der Waals surface area contributed by atoms with Crippen molar-refractivity contribution in [1.82, 2.24) is 21.3 Å². The van der Waals surface area contributed by atoms with Crippen LogP contribution in [0.2, 0.25) is 10.0 Å². The molecule has 0 aromatic heterocycles. The van der Waals surface area contributed by atoms with Crippen LogP contribution in [0.1, 0.15) is 23.2 Å². The molecule has 8 nitrogen and oxygen atoms in total. The van der Waals surface area contributed by atoms with Crippen molar-refractivity contribution in [3.63, 3.8) is 0 Å². The number of hydrogen-bond acceptors (Lipinski definition) is 4. The van der Waals surface area contributed by atoms with Crippen LogP contribution in [0, 0.1) is 5.41 Å². The lowest BCUT2D eigenvalue weighted by molar-refractivity contribution is -0.150. The Kier molecular flexibility index (Phi) is 4.68. The number of rotatable bonds is 2. The highest BCUT2D eigenvalue weighted by Gasteiger charge is 2.64. The molecular weight excluding hydrogens is 419 g/mol. The Bertz CT molecular complexity index is 979. The molecule has 0 bridgehead atoms. The Balaban J connectivity index is 2.00. The van der Waals surface area contributed by atoms with E-state index in [1.54, 1.807) is 48.5 Å². The molecule has 10 heteroatoms. The molecule has 2 saturated heterocycles. The molecule has 2 fully saturated rings. The van der Waals surface area contributed by atoms with Crippen molar-refractivity contribution in [3.05, 3.63) is 69.7 Å². The fourth-order valence-electron chi connectivity index (χ4n) is 3.83. The average molecular weight is 433 g/mol. The molecule has 4 N–H and O–H groups in total. The van der Waals surface area contributed by atoms with Gasteiger partial charge in [-0.25, -0.2) is 9.59 Å². The summed E-state index contributed by atoms with van der Waals surface area (Å²) >= 11 is 12.7. The number of halogens is 2. The van der Waals surface area contributed by atoms with Gasteiger partial charge >= 0.3 is 12.1 Å². The number of nitrogens with one attached hydrogen (secondary N) is 4. The van der Waals surface area contributed by atoms with Crippen molar-refractivity contribution in [2.75, 3.05) is 0 Å². The summed E-state index contributed by atoms with van der Waals surface area (Å²) in [5.74, 6) is -1.76. The number of urea groups is 2. The minimum Gasteiger partial charge on any atom is -0.330 e. The molecule has 2 aromatic rings. The summed E-state index contributed by atoms with van der Waals surface area (Å²) in [5.41, 5.74) is -1.28. The third-order valence-electron chi connectivity index (χ3n) is 5.10. The highest BCUT2D eigenvalue weighted by Crippen LogP contribution is 2.50. The number of benzene rings is 2. The van der Waals surface area contributed by atoms with E-state index in [9.17, 15) is 19.2 Å². The van der Waals surface area contributed by atoms with Gasteiger partial charge in [0.15, 0.2) is 5.41 Å². The second-order valence-electron chi connectivity index (χ2n) is 6.63. The molecule has 0 saturated carbocycles. The fraction of sp³-hybridized carbons (Fsp3) is 0.158. The molecule has 2 aliphatic heterocycles. The van der Waals surface area contributed by atoms with Crippen LogP contribution in [0.15, 0.2) is 48.5 Å². The van der Waals surface area contributed by atoms with Crippen molar-refractivity contribution < 1.29 is 19.2 Å². The van der Waals surface area contributed by atoms with E-state index in [1.807, 2.05) is 0 Å². The molecule has 0 aliphatic carbocycles. The molecule has 2 aliphatic rings. The largest absolute Gasteiger partial charge is 0.330 e. The molecule has 2 atom stereocenters. The van der Waals surface area contributed by atoms with E-state index in [-0.39, 0.29) is 10.0 Å². The first-order valence-corrected chi connectivity index (χ1v) is 9.34. The molecule has 148 valence electrons. The molecule has 0 radical (unpaired) electrons.